The summed E-state index contributed by atoms with van der Waals surface area (Å²) in [4.78, 5) is 31.6. The molecule has 0 aromatic carbocycles. The molecule has 0 amide bonds. The van der Waals surface area contributed by atoms with Gasteiger partial charge in [0.25, 0.3) is 5.56 Å². The third-order valence-corrected chi connectivity index (χ3v) is 4.43. The summed E-state index contributed by atoms with van der Waals surface area (Å²) in [6.45, 7) is 5.98. The highest BCUT2D eigenvalue weighted by atomic mass is 16.2. The summed E-state index contributed by atoms with van der Waals surface area (Å²) in [6, 6.07) is 0.104. The number of hydrogen-bond acceptors (Lipinski definition) is 4. The molecule has 0 radical (unpaired) electrons. The lowest BCUT2D eigenvalue weighted by Gasteiger charge is -2.29. The number of anilines is 1. The molecule has 0 atom stereocenters. The maximum atomic E-state index is 12.6. The Balaban J connectivity index is 2.36. The molecule has 1 aliphatic heterocycles. The molecule has 7 nitrogen and oxygen atoms in total. The Morgan fingerprint density at radius 3 is 2.23 bits per heavy atom. The van der Waals surface area contributed by atoms with E-state index in [1.54, 1.807) is 7.05 Å². The number of nitrogens with zero attached hydrogens (tertiary/aromatic N) is 5. The fourth-order valence-electron chi connectivity index (χ4n) is 3.21. The van der Waals surface area contributed by atoms with Gasteiger partial charge in [-0.2, -0.15) is 4.98 Å². The van der Waals surface area contributed by atoms with Gasteiger partial charge < -0.3 is 9.47 Å². The van der Waals surface area contributed by atoms with Crippen molar-refractivity contribution < 1.29 is 0 Å². The lowest BCUT2D eigenvalue weighted by atomic mass is 10.1. The van der Waals surface area contributed by atoms with Gasteiger partial charge in [-0.25, -0.2) is 4.79 Å². The third kappa shape index (κ3) is 2.07. The quantitative estimate of drug-likeness (QED) is 0.830. The smallest absolute Gasteiger partial charge is 0.332 e. The van der Waals surface area contributed by atoms with E-state index < -0.39 is 0 Å². The van der Waals surface area contributed by atoms with E-state index >= 15 is 0 Å². The van der Waals surface area contributed by atoms with Crippen molar-refractivity contribution >= 4 is 17.1 Å². The molecule has 0 unspecified atom stereocenters. The van der Waals surface area contributed by atoms with Gasteiger partial charge in [-0.3, -0.25) is 13.9 Å². The minimum atomic E-state index is -0.337. The van der Waals surface area contributed by atoms with Crippen molar-refractivity contribution in [2.75, 3.05) is 18.0 Å². The van der Waals surface area contributed by atoms with E-state index in [0.29, 0.717) is 11.2 Å². The zero-order chi connectivity index (χ0) is 16.0. The highest BCUT2D eigenvalue weighted by molar-refractivity contribution is 5.74. The molecule has 3 heterocycles. The Labute approximate surface area is 128 Å². The molecule has 0 spiro atoms. The fraction of sp³-hybridized carbons (Fsp3) is 0.667. The van der Waals surface area contributed by atoms with Crippen molar-refractivity contribution in [3.63, 3.8) is 0 Å². The second-order valence-electron chi connectivity index (χ2n) is 6.30. The predicted molar refractivity (Wildman–Crippen MR) is 86.7 cm³/mol. The molecule has 0 bridgehead atoms. The summed E-state index contributed by atoms with van der Waals surface area (Å²) >= 11 is 0. The molecule has 1 saturated heterocycles. The average molecular weight is 305 g/mol. The largest absolute Gasteiger partial charge is 0.342 e. The van der Waals surface area contributed by atoms with E-state index in [-0.39, 0.29) is 17.3 Å². The summed E-state index contributed by atoms with van der Waals surface area (Å²) in [5, 5.41) is 0. The first kappa shape index (κ1) is 14.9. The topological polar surface area (TPSA) is 65.1 Å². The highest BCUT2D eigenvalue weighted by Crippen LogP contribution is 2.26. The minimum Gasteiger partial charge on any atom is -0.342 e. The Hall–Kier alpha value is -2.05. The molecule has 1 fully saturated rings. The molecule has 0 N–H and O–H groups in total. The fourth-order valence-corrected chi connectivity index (χ4v) is 3.21. The van der Waals surface area contributed by atoms with Crippen molar-refractivity contribution in [3.05, 3.63) is 20.8 Å². The molecule has 0 aliphatic carbocycles. The summed E-state index contributed by atoms with van der Waals surface area (Å²) in [6.07, 6.45) is 3.51. The van der Waals surface area contributed by atoms with Crippen LogP contribution in [0, 0.1) is 0 Å². The van der Waals surface area contributed by atoms with E-state index in [4.69, 9.17) is 0 Å². The molecular weight excluding hydrogens is 282 g/mol. The molecule has 120 valence electrons. The zero-order valence-corrected chi connectivity index (χ0v) is 13.7. The van der Waals surface area contributed by atoms with Gasteiger partial charge >= 0.3 is 5.69 Å². The number of aromatic nitrogens is 4. The zero-order valence-electron chi connectivity index (χ0n) is 13.7. The molecule has 1 aliphatic rings. The number of imidazole rings is 1. The number of aryl methyl sites for hydroxylation is 1. The number of rotatable bonds is 2. The van der Waals surface area contributed by atoms with Crippen LogP contribution in [0.15, 0.2) is 9.59 Å². The maximum Gasteiger partial charge on any atom is 0.332 e. The molecule has 0 saturated carbocycles. The molecule has 22 heavy (non-hydrogen) atoms. The molecule has 2 aromatic heterocycles. The molecule has 7 heteroatoms. The van der Waals surface area contributed by atoms with Crippen LogP contribution >= 0.6 is 0 Å². The Morgan fingerprint density at radius 1 is 1.00 bits per heavy atom. The number of fused-ring (bicyclic) bond motifs is 1. The number of piperidine rings is 1. The van der Waals surface area contributed by atoms with Crippen molar-refractivity contribution in [1.29, 1.82) is 0 Å². The van der Waals surface area contributed by atoms with Crippen molar-refractivity contribution in [2.24, 2.45) is 14.1 Å². The van der Waals surface area contributed by atoms with Crippen molar-refractivity contribution in [3.8, 4) is 0 Å². The van der Waals surface area contributed by atoms with Gasteiger partial charge in [-0.1, -0.05) is 0 Å². The average Bonchev–Trinajstić information content (AvgIpc) is 2.92. The van der Waals surface area contributed by atoms with E-state index in [9.17, 15) is 9.59 Å². The van der Waals surface area contributed by atoms with Gasteiger partial charge in [0, 0.05) is 33.2 Å². The van der Waals surface area contributed by atoms with E-state index in [1.165, 1.54) is 18.0 Å². The number of hydrogen-bond donors (Lipinski definition) is 0. The van der Waals surface area contributed by atoms with Gasteiger partial charge in [0.05, 0.1) is 0 Å². The summed E-state index contributed by atoms with van der Waals surface area (Å²) < 4.78 is 4.59. The Bertz CT molecular complexity index is 821. The summed E-state index contributed by atoms with van der Waals surface area (Å²) in [5.74, 6) is 0.808. The molecule has 3 rings (SSSR count). The lowest BCUT2D eigenvalue weighted by molar-refractivity contribution is 0.538. The Kier molecular flexibility index (Phi) is 3.58. The van der Waals surface area contributed by atoms with Crippen LogP contribution in [-0.2, 0) is 14.1 Å². The van der Waals surface area contributed by atoms with Crippen LogP contribution in [0.2, 0.25) is 0 Å². The van der Waals surface area contributed by atoms with Gasteiger partial charge in [0.15, 0.2) is 11.2 Å². The highest BCUT2D eigenvalue weighted by Gasteiger charge is 2.24. The Morgan fingerprint density at radius 2 is 1.64 bits per heavy atom. The maximum absolute atomic E-state index is 12.6. The van der Waals surface area contributed by atoms with E-state index in [1.807, 2.05) is 18.4 Å². The van der Waals surface area contributed by atoms with Crippen LogP contribution in [0.3, 0.4) is 0 Å². The summed E-state index contributed by atoms with van der Waals surface area (Å²) in [7, 11) is 3.18. The van der Waals surface area contributed by atoms with Gasteiger partial charge in [-0.05, 0) is 33.1 Å². The molecule has 2 aromatic rings. The van der Waals surface area contributed by atoms with Crippen LogP contribution in [-0.4, -0.2) is 31.8 Å². The third-order valence-electron chi connectivity index (χ3n) is 4.43. The SMILES string of the molecule is CC(C)n1c(N2CCCCC2)nc2c1c(=O)n(C)c(=O)n2C. The van der Waals surface area contributed by atoms with Gasteiger partial charge in [-0.15, -0.1) is 0 Å². The normalized spacial score (nSPS) is 16.0. The first-order valence-corrected chi connectivity index (χ1v) is 7.86. The van der Waals surface area contributed by atoms with E-state index in [0.717, 1.165) is 36.4 Å². The van der Waals surface area contributed by atoms with Crippen LogP contribution < -0.4 is 16.1 Å². The standard InChI is InChI=1S/C15H23N5O2/c1-10(2)20-11-12(17(3)15(22)18(4)13(11)21)16-14(20)19-8-6-5-7-9-19/h10H,5-9H2,1-4H3. The second-order valence-corrected chi connectivity index (χ2v) is 6.30. The minimum absolute atomic E-state index is 0.104. The first-order valence-electron chi connectivity index (χ1n) is 7.86. The first-order chi connectivity index (χ1) is 10.4. The van der Waals surface area contributed by atoms with Crippen molar-refractivity contribution in [2.45, 2.75) is 39.2 Å². The van der Waals surface area contributed by atoms with Gasteiger partial charge in [0.1, 0.15) is 0 Å². The van der Waals surface area contributed by atoms with Crippen LogP contribution in [0.4, 0.5) is 5.95 Å². The monoisotopic (exact) mass is 305 g/mol. The van der Waals surface area contributed by atoms with Gasteiger partial charge in [0.2, 0.25) is 5.95 Å². The van der Waals surface area contributed by atoms with Crippen molar-refractivity contribution in [1.82, 2.24) is 18.7 Å². The molecular formula is C15H23N5O2. The lowest BCUT2D eigenvalue weighted by Crippen LogP contribution is -2.37. The van der Waals surface area contributed by atoms with Crippen LogP contribution in [0.25, 0.3) is 11.2 Å². The van der Waals surface area contributed by atoms with E-state index in [2.05, 4.69) is 9.88 Å². The predicted octanol–water partition coefficient (Wildman–Crippen LogP) is 1.00. The van der Waals surface area contributed by atoms with Crippen LogP contribution in [0.5, 0.6) is 0 Å². The summed E-state index contributed by atoms with van der Waals surface area (Å²) in [5.41, 5.74) is 0.376. The van der Waals surface area contributed by atoms with Crippen LogP contribution in [0.1, 0.15) is 39.2 Å². The second kappa shape index (κ2) is 5.30.